The van der Waals surface area contributed by atoms with Gasteiger partial charge in [0.05, 0.1) is 5.60 Å². The molecule has 21 heavy (non-hydrogen) atoms. The number of hydrogen-bond donors (Lipinski definition) is 1. The smallest absolute Gasteiger partial charge is 0.126 e. The highest BCUT2D eigenvalue weighted by atomic mass is 19.1. The van der Waals surface area contributed by atoms with Crippen LogP contribution >= 0.6 is 0 Å². The molecule has 1 aliphatic rings. The molecule has 1 nitrogen and oxygen atoms in total. The van der Waals surface area contributed by atoms with Crippen LogP contribution in [-0.4, -0.2) is 5.11 Å². The number of rotatable bonds is 4. The Morgan fingerprint density at radius 1 is 1.10 bits per heavy atom. The molecule has 0 bridgehead atoms. The first-order valence-electron chi connectivity index (χ1n) is 7.63. The van der Waals surface area contributed by atoms with Crippen LogP contribution in [0.25, 0.3) is 0 Å². The Balaban J connectivity index is 1.93. The van der Waals surface area contributed by atoms with Crippen molar-refractivity contribution in [1.29, 1.82) is 0 Å². The fourth-order valence-electron chi connectivity index (χ4n) is 3.17. The van der Waals surface area contributed by atoms with Gasteiger partial charge in [0.1, 0.15) is 5.82 Å². The van der Waals surface area contributed by atoms with E-state index in [2.05, 4.69) is 6.07 Å². The second-order valence-electron chi connectivity index (χ2n) is 6.26. The Kier molecular flexibility index (Phi) is 3.81. The third-order valence-electron chi connectivity index (χ3n) is 4.58. The van der Waals surface area contributed by atoms with Gasteiger partial charge in [0.25, 0.3) is 0 Å². The van der Waals surface area contributed by atoms with E-state index in [1.165, 1.54) is 30.9 Å². The standard InChI is InChI=1S/C19H21FO/c1-19(21,13-15-7-2-5-12-18(15)20)17-11-4-3-10-16(17)14-8-6-9-14/h2-5,7,10-12,14,21H,6,8-9,13H2,1H3. The average molecular weight is 284 g/mol. The average Bonchev–Trinajstić information content (AvgIpc) is 2.40. The molecule has 2 aromatic carbocycles. The molecule has 2 aromatic rings. The minimum atomic E-state index is -1.05. The van der Waals surface area contributed by atoms with Crippen molar-refractivity contribution in [3.05, 3.63) is 71.0 Å². The van der Waals surface area contributed by atoms with Crippen LogP contribution in [0.2, 0.25) is 0 Å². The fourth-order valence-corrected chi connectivity index (χ4v) is 3.17. The van der Waals surface area contributed by atoms with Crippen LogP contribution in [0, 0.1) is 5.82 Å². The van der Waals surface area contributed by atoms with Gasteiger partial charge < -0.3 is 5.11 Å². The normalized spacial score (nSPS) is 18.0. The molecule has 0 radical (unpaired) electrons. The van der Waals surface area contributed by atoms with Crippen LogP contribution in [0.5, 0.6) is 0 Å². The lowest BCUT2D eigenvalue weighted by Gasteiger charge is -2.33. The first-order valence-corrected chi connectivity index (χ1v) is 7.63. The van der Waals surface area contributed by atoms with Crippen molar-refractivity contribution >= 4 is 0 Å². The summed E-state index contributed by atoms with van der Waals surface area (Å²) in [6, 6.07) is 14.7. The lowest BCUT2D eigenvalue weighted by molar-refractivity contribution is 0.0549. The molecule has 0 aliphatic heterocycles. The van der Waals surface area contributed by atoms with Gasteiger partial charge in [-0.3, -0.25) is 0 Å². The largest absolute Gasteiger partial charge is 0.385 e. The summed E-state index contributed by atoms with van der Waals surface area (Å²) in [5, 5.41) is 10.9. The SMILES string of the molecule is CC(O)(Cc1ccccc1F)c1ccccc1C1CCC1. The molecular formula is C19H21FO. The molecule has 0 spiro atoms. The van der Waals surface area contributed by atoms with Crippen LogP contribution < -0.4 is 0 Å². The van der Waals surface area contributed by atoms with Gasteiger partial charge in [0, 0.05) is 6.42 Å². The summed E-state index contributed by atoms with van der Waals surface area (Å²) >= 11 is 0. The van der Waals surface area contributed by atoms with Crippen molar-refractivity contribution in [2.45, 2.75) is 44.1 Å². The van der Waals surface area contributed by atoms with Gasteiger partial charge >= 0.3 is 0 Å². The van der Waals surface area contributed by atoms with Gasteiger partial charge in [-0.15, -0.1) is 0 Å². The van der Waals surface area contributed by atoms with E-state index in [1.807, 2.05) is 24.3 Å². The van der Waals surface area contributed by atoms with Crippen molar-refractivity contribution in [3.63, 3.8) is 0 Å². The van der Waals surface area contributed by atoms with E-state index in [9.17, 15) is 9.50 Å². The highest BCUT2D eigenvalue weighted by Crippen LogP contribution is 2.41. The van der Waals surface area contributed by atoms with E-state index >= 15 is 0 Å². The summed E-state index contributed by atoms with van der Waals surface area (Å²) in [6.07, 6.45) is 3.93. The fraction of sp³-hybridized carbons (Fsp3) is 0.368. The first kappa shape index (κ1) is 14.3. The Morgan fingerprint density at radius 2 is 1.76 bits per heavy atom. The molecule has 0 aromatic heterocycles. The van der Waals surface area contributed by atoms with Crippen molar-refractivity contribution in [2.24, 2.45) is 0 Å². The third kappa shape index (κ3) is 2.86. The monoisotopic (exact) mass is 284 g/mol. The van der Waals surface area contributed by atoms with E-state index in [1.54, 1.807) is 19.1 Å². The van der Waals surface area contributed by atoms with Gasteiger partial charge in [-0.1, -0.05) is 48.9 Å². The van der Waals surface area contributed by atoms with Gasteiger partial charge in [-0.25, -0.2) is 4.39 Å². The summed E-state index contributed by atoms with van der Waals surface area (Å²) in [6.45, 7) is 1.79. The van der Waals surface area contributed by atoms with Crippen LogP contribution in [0.1, 0.15) is 48.8 Å². The minimum Gasteiger partial charge on any atom is -0.385 e. The Morgan fingerprint density at radius 3 is 2.43 bits per heavy atom. The van der Waals surface area contributed by atoms with Crippen LogP contribution in [0.4, 0.5) is 4.39 Å². The summed E-state index contributed by atoms with van der Waals surface area (Å²) in [5.74, 6) is 0.298. The van der Waals surface area contributed by atoms with E-state index < -0.39 is 5.60 Å². The molecule has 3 rings (SSSR count). The van der Waals surface area contributed by atoms with E-state index in [4.69, 9.17) is 0 Å². The summed E-state index contributed by atoms with van der Waals surface area (Å²) < 4.78 is 13.9. The number of hydrogen-bond acceptors (Lipinski definition) is 1. The molecule has 1 N–H and O–H groups in total. The third-order valence-corrected chi connectivity index (χ3v) is 4.58. The highest BCUT2D eigenvalue weighted by molar-refractivity contribution is 5.37. The van der Waals surface area contributed by atoms with Crippen LogP contribution in [0.3, 0.4) is 0 Å². The number of benzene rings is 2. The minimum absolute atomic E-state index is 0.251. The molecule has 1 atom stereocenters. The molecule has 2 heteroatoms. The zero-order valence-corrected chi connectivity index (χ0v) is 12.3. The Labute approximate surface area is 125 Å². The predicted octanol–water partition coefficient (Wildman–Crippen LogP) is 4.54. The topological polar surface area (TPSA) is 20.2 Å². The van der Waals surface area contributed by atoms with Crippen LogP contribution in [0.15, 0.2) is 48.5 Å². The Hall–Kier alpha value is -1.67. The van der Waals surface area contributed by atoms with Crippen molar-refractivity contribution in [1.82, 2.24) is 0 Å². The lowest BCUT2D eigenvalue weighted by Crippen LogP contribution is -2.28. The predicted molar refractivity (Wildman–Crippen MR) is 82.7 cm³/mol. The van der Waals surface area contributed by atoms with Gasteiger partial charge in [-0.2, -0.15) is 0 Å². The number of aliphatic hydroxyl groups is 1. The zero-order valence-electron chi connectivity index (χ0n) is 12.3. The van der Waals surface area contributed by atoms with Gasteiger partial charge in [-0.05, 0) is 48.4 Å². The quantitative estimate of drug-likeness (QED) is 0.873. The van der Waals surface area contributed by atoms with E-state index in [0.29, 0.717) is 17.9 Å². The second kappa shape index (κ2) is 5.61. The second-order valence-corrected chi connectivity index (χ2v) is 6.26. The summed E-state index contributed by atoms with van der Waals surface area (Å²) in [5.41, 5.74) is 1.68. The number of halogens is 1. The summed E-state index contributed by atoms with van der Waals surface area (Å²) in [4.78, 5) is 0. The molecule has 110 valence electrons. The molecule has 1 aliphatic carbocycles. The van der Waals surface area contributed by atoms with Gasteiger partial charge in [0.15, 0.2) is 0 Å². The molecule has 1 saturated carbocycles. The van der Waals surface area contributed by atoms with E-state index in [-0.39, 0.29) is 5.82 Å². The maximum absolute atomic E-state index is 13.9. The Bertz CT molecular complexity index is 629. The molecule has 0 amide bonds. The first-order chi connectivity index (χ1) is 10.1. The van der Waals surface area contributed by atoms with Crippen molar-refractivity contribution in [2.75, 3.05) is 0 Å². The molecular weight excluding hydrogens is 263 g/mol. The molecule has 0 saturated heterocycles. The molecule has 1 unspecified atom stereocenters. The maximum atomic E-state index is 13.9. The zero-order chi connectivity index (χ0) is 14.9. The maximum Gasteiger partial charge on any atom is 0.126 e. The summed E-state index contributed by atoms with van der Waals surface area (Å²) in [7, 11) is 0. The highest BCUT2D eigenvalue weighted by Gasteiger charge is 2.31. The van der Waals surface area contributed by atoms with Crippen molar-refractivity contribution < 1.29 is 9.50 Å². The van der Waals surface area contributed by atoms with Crippen molar-refractivity contribution in [3.8, 4) is 0 Å². The van der Waals surface area contributed by atoms with Gasteiger partial charge in [0.2, 0.25) is 0 Å². The lowest BCUT2D eigenvalue weighted by atomic mass is 9.74. The van der Waals surface area contributed by atoms with E-state index in [0.717, 1.165) is 5.56 Å². The molecule has 1 fully saturated rings. The molecule has 0 heterocycles. The van der Waals surface area contributed by atoms with Crippen LogP contribution in [-0.2, 0) is 12.0 Å².